The van der Waals surface area contributed by atoms with Gasteiger partial charge in [0.1, 0.15) is 11.5 Å². The minimum absolute atomic E-state index is 0.0591. The van der Waals surface area contributed by atoms with Gasteiger partial charge in [-0.05, 0) is 54.6 Å². The number of nitrogens with one attached hydrogen (secondary N) is 3. The number of fused-ring (bicyclic) bond motifs is 1. The van der Waals surface area contributed by atoms with E-state index in [1.165, 1.54) is 13.0 Å². The first kappa shape index (κ1) is 24.9. The normalized spacial score (nSPS) is 11.1. The van der Waals surface area contributed by atoms with Crippen LogP contribution in [0.4, 0.5) is 35.0 Å². The number of rotatable bonds is 5. The molecule has 0 spiro atoms. The Morgan fingerprint density at radius 1 is 0.806 bits per heavy atom. The Bertz CT molecular complexity index is 1440. The summed E-state index contributed by atoms with van der Waals surface area (Å²) in [6.07, 6.45) is -4.65. The molecule has 0 aliphatic carbocycles. The zero-order valence-corrected chi connectivity index (χ0v) is 19.5. The van der Waals surface area contributed by atoms with Crippen LogP contribution in [0.25, 0.3) is 10.8 Å². The highest BCUT2D eigenvalue weighted by molar-refractivity contribution is 6.31. The fourth-order valence-electron chi connectivity index (χ4n) is 3.52. The Kier molecular flexibility index (Phi) is 7.03. The molecule has 0 aromatic heterocycles. The van der Waals surface area contributed by atoms with Crippen molar-refractivity contribution >= 4 is 51.4 Å². The van der Waals surface area contributed by atoms with Gasteiger partial charge in [0, 0.05) is 29.1 Å². The van der Waals surface area contributed by atoms with Crippen LogP contribution in [-0.2, 0) is 11.0 Å². The van der Waals surface area contributed by atoms with Crippen molar-refractivity contribution < 1.29 is 27.5 Å². The summed E-state index contributed by atoms with van der Waals surface area (Å²) < 4.78 is 45.3. The van der Waals surface area contributed by atoms with E-state index in [2.05, 4.69) is 16.0 Å². The van der Waals surface area contributed by atoms with Gasteiger partial charge in [-0.2, -0.15) is 13.2 Å². The highest BCUT2D eigenvalue weighted by Crippen LogP contribution is 2.37. The molecule has 0 atom stereocenters. The van der Waals surface area contributed by atoms with Crippen LogP contribution in [0.2, 0.25) is 5.02 Å². The molecule has 0 radical (unpaired) electrons. The third-order valence-corrected chi connectivity index (χ3v) is 5.39. The summed E-state index contributed by atoms with van der Waals surface area (Å²) in [5.41, 5.74) is -0.0370. The molecular formula is C26H19ClF3N3O3. The molecular weight excluding hydrogens is 495 g/mol. The van der Waals surface area contributed by atoms with Gasteiger partial charge in [0.2, 0.25) is 5.91 Å². The second kappa shape index (κ2) is 10.2. The fourth-order valence-corrected chi connectivity index (χ4v) is 3.75. The highest BCUT2D eigenvalue weighted by atomic mass is 35.5. The maximum Gasteiger partial charge on any atom is 0.417 e. The van der Waals surface area contributed by atoms with E-state index in [9.17, 15) is 22.8 Å². The van der Waals surface area contributed by atoms with Gasteiger partial charge in [0.05, 0.1) is 16.3 Å². The summed E-state index contributed by atoms with van der Waals surface area (Å²) in [6, 6.07) is 19.7. The van der Waals surface area contributed by atoms with Crippen LogP contribution in [0.1, 0.15) is 12.5 Å². The Balaban J connectivity index is 1.53. The van der Waals surface area contributed by atoms with Gasteiger partial charge in [0.25, 0.3) is 0 Å². The molecule has 6 nitrogen and oxygen atoms in total. The van der Waals surface area contributed by atoms with Crippen molar-refractivity contribution in [2.75, 3.05) is 16.0 Å². The summed E-state index contributed by atoms with van der Waals surface area (Å²) in [5.74, 6) is 0.880. The van der Waals surface area contributed by atoms with Crippen molar-refractivity contribution in [3.8, 4) is 11.5 Å². The van der Waals surface area contributed by atoms with Crippen molar-refractivity contribution in [3.63, 3.8) is 0 Å². The first-order chi connectivity index (χ1) is 17.1. The van der Waals surface area contributed by atoms with Crippen LogP contribution in [0.15, 0.2) is 78.9 Å². The van der Waals surface area contributed by atoms with Crippen molar-refractivity contribution in [2.45, 2.75) is 13.1 Å². The van der Waals surface area contributed by atoms with E-state index in [1.54, 1.807) is 54.6 Å². The minimum Gasteiger partial charge on any atom is -0.457 e. The standard InChI is InChI=1S/C26H19ClF3N3O3/c1-15(34)31-16-8-11-18(12-9-16)36-24-7-3-4-19-20(24)5-2-6-23(19)33-25(35)32-17-10-13-22(27)21(14-17)26(28,29)30/h2-14H,1H3,(H,31,34)(H2,32,33,35). The topological polar surface area (TPSA) is 79.5 Å². The molecule has 0 unspecified atom stereocenters. The quantitative estimate of drug-likeness (QED) is 0.254. The lowest BCUT2D eigenvalue weighted by Gasteiger charge is -2.14. The van der Waals surface area contributed by atoms with E-state index < -0.39 is 22.8 Å². The smallest absolute Gasteiger partial charge is 0.417 e. The molecule has 3 N–H and O–H groups in total. The molecule has 0 heterocycles. The van der Waals surface area contributed by atoms with E-state index in [0.29, 0.717) is 33.6 Å². The van der Waals surface area contributed by atoms with Crippen LogP contribution in [0.5, 0.6) is 11.5 Å². The number of anilines is 3. The molecule has 0 fully saturated rings. The van der Waals surface area contributed by atoms with E-state index in [0.717, 1.165) is 12.1 Å². The van der Waals surface area contributed by atoms with Crippen LogP contribution in [-0.4, -0.2) is 11.9 Å². The first-order valence-corrected chi connectivity index (χ1v) is 11.0. The number of carbonyl (C=O) groups excluding carboxylic acids is 2. The monoisotopic (exact) mass is 513 g/mol. The molecule has 36 heavy (non-hydrogen) atoms. The molecule has 0 aliphatic rings. The van der Waals surface area contributed by atoms with Crippen LogP contribution in [0, 0.1) is 0 Å². The first-order valence-electron chi connectivity index (χ1n) is 10.6. The number of urea groups is 1. The molecule has 10 heteroatoms. The number of ether oxygens (including phenoxy) is 1. The Labute approximate surface area is 209 Å². The van der Waals surface area contributed by atoms with Gasteiger partial charge in [-0.15, -0.1) is 0 Å². The van der Waals surface area contributed by atoms with Crippen molar-refractivity contribution in [2.24, 2.45) is 0 Å². The lowest BCUT2D eigenvalue weighted by Crippen LogP contribution is -2.20. The number of benzene rings is 4. The third kappa shape index (κ3) is 5.87. The number of alkyl halides is 3. The predicted octanol–water partition coefficient (Wildman–Crippen LogP) is 7.91. The zero-order chi connectivity index (χ0) is 25.9. The van der Waals surface area contributed by atoms with Crippen molar-refractivity contribution in [3.05, 3.63) is 89.4 Å². The summed E-state index contributed by atoms with van der Waals surface area (Å²) >= 11 is 5.64. The maximum atomic E-state index is 13.1. The Morgan fingerprint density at radius 3 is 2.17 bits per heavy atom. The van der Waals surface area contributed by atoms with Crippen LogP contribution in [0.3, 0.4) is 0 Å². The van der Waals surface area contributed by atoms with Gasteiger partial charge in [-0.3, -0.25) is 4.79 Å². The van der Waals surface area contributed by atoms with Gasteiger partial charge >= 0.3 is 12.2 Å². The van der Waals surface area contributed by atoms with E-state index in [1.807, 2.05) is 6.07 Å². The summed E-state index contributed by atoms with van der Waals surface area (Å²) in [7, 11) is 0. The molecule has 3 amide bonds. The molecule has 4 rings (SSSR count). The predicted molar refractivity (Wildman–Crippen MR) is 134 cm³/mol. The lowest BCUT2D eigenvalue weighted by molar-refractivity contribution is -0.137. The van der Waals surface area contributed by atoms with Gasteiger partial charge in [0.15, 0.2) is 0 Å². The number of amides is 3. The number of carbonyl (C=O) groups is 2. The minimum atomic E-state index is -4.65. The van der Waals surface area contributed by atoms with Gasteiger partial charge < -0.3 is 20.7 Å². The second-order valence-corrected chi connectivity index (χ2v) is 8.14. The third-order valence-electron chi connectivity index (χ3n) is 5.06. The molecule has 4 aromatic rings. The summed E-state index contributed by atoms with van der Waals surface area (Å²) in [5, 5.41) is 8.64. The maximum absolute atomic E-state index is 13.1. The van der Waals surface area contributed by atoms with Gasteiger partial charge in [-0.1, -0.05) is 35.9 Å². The van der Waals surface area contributed by atoms with E-state index in [-0.39, 0.29) is 11.6 Å². The van der Waals surface area contributed by atoms with Crippen molar-refractivity contribution in [1.82, 2.24) is 0 Å². The Hall–Kier alpha value is -4.24. The lowest BCUT2D eigenvalue weighted by atomic mass is 10.1. The molecule has 0 bridgehead atoms. The molecule has 0 aliphatic heterocycles. The summed E-state index contributed by atoms with van der Waals surface area (Å²) in [4.78, 5) is 23.7. The average molecular weight is 514 g/mol. The highest BCUT2D eigenvalue weighted by Gasteiger charge is 2.33. The fraction of sp³-hybridized carbons (Fsp3) is 0.0769. The number of halogens is 4. The average Bonchev–Trinajstić information content (AvgIpc) is 2.81. The zero-order valence-electron chi connectivity index (χ0n) is 18.7. The molecule has 184 valence electrons. The second-order valence-electron chi connectivity index (χ2n) is 7.74. The largest absolute Gasteiger partial charge is 0.457 e. The van der Waals surface area contributed by atoms with E-state index >= 15 is 0 Å². The molecule has 4 aromatic carbocycles. The van der Waals surface area contributed by atoms with Crippen LogP contribution < -0.4 is 20.7 Å². The van der Waals surface area contributed by atoms with E-state index in [4.69, 9.17) is 16.3 Å². The number of hydrogen-bond donors (Lipinski definition) is 3. The molecule has 0 saturated carbocycles. The van der Waals surface area contributed by atoms with Crippen molar-refractivity contribution in [1.29, 1.82) is 0 Å². The van der Waals surface area contributed by atoms with Crippen LogP contribution >= 0.6 is 11.6 Å². The SMILES string of the molecule is CC(=O)Nc1ccc(Oc2cccc3c(NC(=O)Nc4ccc(Cl)c(C(F)(F)F)c4)cccc23)cc1. The molecule has 0 saturated heterocycles. The summed E-state index contributed by atoms with van der Waals surface area (Å²) in [6.45, 7) is 1.42. The number of hydrogen-bond acceptors (Lipinski definition) is 3. The van der Waals surface area contributed by atoms with Gasteiger partial charge in [-0.25, -0.2) is 4.79 Å². The Morgan fingerprint density at radius 2 is 1.47 bits per heavy atom.